The lowest BCUT2D eigenvalue weighted by molar-refractivity contribution is -0.120. The van der Waals surface area contributed by atoms with E-state index in [1.54, 1.807) is 24.6 Å². The van der Waals surface area contributed by atoms with Crippen LogP contribution in [0.3, 0.4) is 0 Å². The molecule has 4 aromatic heterocycles. The Morgan fingerprint density at radius 1 is 1.29 bits per heavy atom. The number of rotatable bonds is 6. The Bertz CT molecular complexity index is 1470. The van der Waals surface area contributed by atoms with Crippen molar-refractivity contribution < 1.29 is 14.7 Å². The van der Waals surface area contributed by atoms with Crippen molar-refractivity contribution in [2.75, 3.05) is 23.3 Å². The number of hydrogen-bond acceptors (Lipinski definition) is 10. The number of nitrogens with one attached hydrogen (secondary N) is 1. The van der Waals surface area contributed by atoms with E-state index < -0.39 is 11.4 Å². The van der Waals surface area contributed by atoms with Gasteiger partial charge in [0.15, 0.2) is 10.8 Å². The summed E-state index contributed by atoms with van der Waals surface area (Å²) in [5.74, 6) is -0.367. The van der Waals surface area contributed by atoms with Gasteiger partial charge in [0.2, 0.25) is 16.5 Å². The first-order chi connectivity index (χ1) is 16.4. The number of thiazole rings is 1. The third kappa shape index (κ3) is 3.82. The molecule has 0 unspecified atom stereocenters. The molecule has 2 N–H and O–H groups in total. The van der Waals surface area contributed by atoms with Gasteiger partial charge in [0.25, 0.3) is 0 Å². The van der Waals surface area contributed by atoms with Crippen molar-refractivity contribution in [1.82, 2.24) is 23.9 Å². The molecule has 0 radical (unpaired) electrons. The number of anilines is 2. The van der Waals surface area contributed by atoms with Crippen LogP contribution in [0.4, 0.5) is 10.9 Å². The number of carboxylic acids is 1. The van der Waals surface area contributed by atoms with E-state index >= 15 is 0 Å². The zero-order valence-electron chi connectivity index (χ0n) is 18.2. The maximum atomic E-state index is 12.9. The third-order valence-corrected chi connectivity index (χ3v) is 7.03. The minimum absolute atomic E-state index is 0.127. The normalized spacial score (nSPS) is 13.8. The lowest BCUT2D eigenvalue weighted by Gasteiger charge is -2.39. The van der Waals surface area contributed by atoms with E-state index in [1.807, 2.05) is 11.8 Å². The number of hydrogen-bond donors (Lipinski definition) is 2. The number of fused-ring (bicyclic) bond motifs is 1. The molecule has 11 nitrogen and oxygen atoms in total. The highest BCUT2D eigenvalue weighted by atomic mass is 32.1. The van der Waals surface area contributed by atoms with E-state index in [-0.39, 0.29) is 22.8 Å². The quantitative estimate of drug-likeness (QED) is 0.410. The van der Waals surface area contributed by atoms with Gasteiger partial charge in [0, 0.05) is 48.8 Å². The van der Waals surface area contributed by atoms with Crippen molar-refractivity contribution >= 4 is 56.7 Å². The van der Waals surface area contributed by atoms with Crippen molar-refractivity contribution in [3.63, 3.8) is 0 Å². The Labute approximate surface area is 200 Å². The van der Waals surface area contributed by atoms with Gasteiger partial charge in [-0.2, -0.15) is 4.37 Å². The fraction of sp³-hybridized carbons (Fsp3) is 0.286. The largest absolute Gasteiger partial charge is 0.477 e. The first-order valence-electron chi connectivity index (χ1n) is 10.4. The molecule has 4 aromatic rings. The van der Waals surface area contributed by atoms with Gasteiger partial charge in [0.1, 0.15) is 17.2 Å². The number of pyridine rings is 2. The molecule has 0 spiro atoms. The van der Waals surface area contributed by atoms with Crippen LogP contribution in [-0.2, 0) is 11.2 Å². The first-order valence-corrected chi connectivity index (χ1v) is 12.1. The van der Waals surface area contributed by atoms with Crippen LogP contribution in [0.15, 0.2) is 28.6 Å². The van der Waals surface area contributed by atoms with Crippen LogP contribution < -0.4 is 15.6 Å². The van der Waals surface area contributed by atoms with Crippen molar-refractivity contribution in [2.24, 2.45) is 5.92 Å². The molecule has 1 fully saturated rings. The molecule has 5 heterocycles. The van der Waals surface area contributed by atoms with Gasteiger partial charge >= 0.3 is 5.97 Å². The standard InChI is InChI=1S/C21H19N7O4S2/c1-3-13-23-20(34-26-13)25-18(30)11-7-27(8-11)14-6-10(2)15-16(29)12(19(31)32)9-28(17(15)24-14)21-22-4-5-33-21/h4-6,9,11H,3,7-8H2,1-2H3,(H,31,32)(H,23,25,26,30). The molecule has 0 aromatic carbocycles. The van der Waals surface area contributed by atoms with E-state index in [0.29, 0.717) is 52.6 Å². The number of amides is 1. The first kappa shape index (κ1) is 22.1. The fourth-order valence-electron chi connectivity index (χ4n) is 3.76. The zero-order chi connectivity index (χ0) is 24.0. The van der Waals surface area contributed by atoms with E-state index in [1.165, 1.54) is 22.1 Å². The van der Waals surface area contributed by atoms with Crippen LogP contribution in [0.5, 0.6) is 0 Å². The molecule has 0 aliphatic carbocycles. The number of carbonyl (C=O) groups excluding carboxylic acids is 1. The highest BCUT2D eigenvalue weighted by molar-refractivity contribution is 7.12. The maximum Gasteiger partial charge on any atom is 0.341 e. The molecule has 0 atom stereocenters. The van der Waals surface area contributed by atoms with Gasteiger partial charge in [0.05, 0.1) is 11.3 Å². The van der Waals surface area contributed by atoms with Crippen LogP contribution in [0.1, 0.15) is 28.7 Å². The van der Waals surface area contributed by atoms with E-state index in [4.69, 9.17) is 0 Å². The van der Waals surface area contributed by atoms with Crippen LogP contribution >= 0.6 is 22.9 Å². The summed E-state index contributed by atoms with van der Waals surface area (Å²) in [7, 11) is 0. The van der Waals surface area contributed by atoms with Gasteiger partial charge in [-0.1, -0.05) is 6.92 Å². The van der Waals surface area contributed by atoms with Crippen LogP contribution in [0, 0.1) is 12.8 Å². The second kappa shape index (κ2) is 8.57. The summed E-state index contributed by atoms with van der Waals surface area (Å²) < 4.78 is 5.71. The molecule has 174 valence electrons. The summed E-state index contributed by atoms with van der Waals surface area (Å²) in [6.07, 6.45) is 3.57. The molecule has 0 bridgehead atoms. The molecule has 1 aliphatic rings. The summed E-state index contributed by atoms with van der Waals surface area (Å²) in [6.45, 7) is 4.61. The predicted octanol–water partition coefficient (Wildman–Crippen LogP) is 2.34. The molecule has 5 rings (SSSR count). The predicted molar refractivity (Wildman–Crippen MR) is 128 cm³/mol. The summed E-state index contributed by atoms with van der Waals surface area (Å²) in [5, 5.41) is 15.3. The molecule has 0 saturated carbocycles. The van der Waals surface area contributed by atoms with Gasteiger partial charge in [-0.05, 0) is 18.6 Å². The Kier molecular flexibility index (Phi) is 5.57. The average molecular weight is 498 g/mol. The molecular formula is C21H19N7O4S2. The van der Waals surface area contributed by atoms with Crippen LogP contribution in [-0.4, -0.2) is 54.0 Å². The highest BCUT2D eigenvalue weighted by Crippen LogP contribution is 2.29. The Morgan fingerprint density at radius 2 is 2.09 bits per heavy atom. The van der Waals surface area contributed by atoms with Crippen LogP contribution in [0.2, 0.25) is 0 Å². The molecular weight excluding hydrogens is 478 g/mol. The monoisotopic (exact) mass is 497 g/mol. The topological polar surface area (TPSA) is 143 Å². The number of carboxylic acid groups (broad SMARTS) is 1. The minimum Gasteiger partial charge on any atom is -0.477 e. The zero-order valence-corrected chi connectivity index (χ0v) is 19.8. The van der Waals surface area contributed by atoms with Gasteiger partial charge in [-0.3, -0.25) is 14.2 Å². The third-order valence-electron chi connectivity index (χ3n) is 5.59. The smallest absolute Gasteiger partial charge is 0.341 e. The molecule has 1 saturated heterocycles. The maximum absolute atomic E-state index is 12.9. The lowest BCUT2D eigenvalue weighted by Crippen LogP contribution is -2.52. The van der Waals surface area contributed by atoms with Crippen molar-refractivity contribution in [2.45, 2.75) is 20.3 Å². The molecule has 34 heavy (non-hydrogen) atoms. The summed E-state index contributed by atoms with van der Waals surface area (Å²) in [6, 6.07) is 1.74. The molecule has 1 aliphatic heterocycles. The molecule has 13 heteroatoms. The van der Waals surface area contributed by atoms with Gasteiger partial charge in [-0.15, -0.1) is 11.3 Å². The lowest BCUT2D eigenvalue weighted by atomic mass is 9.99. The average Bonchev–Trinajstić information content (AvgIpc) is 3.44. The van der Waals surface area contributed by atoms with Crippen LogP contribution in [0.25, 0.3) is 16.2 Å². The second-order valence-electron chi connectivity index (χ2n) is 7.82. The Morgan fingerprint density at radius 3 is 2.74 bits per heavy atom. The minimum atomic E-state index is -1.31. The van der Waals surface area contributed by atoms with Crippen molar-refractivity contribution in [1.29, 1.82) is 0 Å². The number of aromatic carboxylic acids is 1. The van der Waals surface area contributed by atoms with E-state index in [9.17, 15) is 19.5 Å². The number of carbonyl (C=O) groups is 2. The Hall–Kier alpha value is -3.71. The van der Waals surface area contributed by atoms with Crippen molar-refractivity contribution in [3.8, 4) is 5.13 Å². The number of aryl methyl sites for hydroxylation is 2. The van der Waals surface area contributed by atoms with E-state index in [2.05, 4.69) is 24.6 Å². The summed E-state index contributed by atoms with van der Waals surface area (Å²) in [4.78, 5) is 52.3. The summed E-state index contributed by atoms with van der Waals surface area (Å²) >= 11 is 2.47. The van der Waals surface area contributed by atoms with E-state index in [0.717, 1.165) is 11.5 Å². The number of nitrogens with zero attached hydrogens (tertiary/aromatic N) is 6. The van der Waals surface area contributed by atoms with Gasteiger partial charge in [-0.25, -0.2) is 19.7 Å². The van der Waals surface area contributed by atoms with Crippen molar-refractivity contribution in [3.05, 3.63) is 51.0 Å². The SMILES string of the molecule is CCc1nsc(NC(=O)C2CN(c3cc(C)c4c(=O)c(C(=O)O)cn(-c5nccs5)c4n3)C2)n1. The summed E-state index contributed by atoms with van der Waals surface area (Å²) in [5.41, 5.74) is 0.00115. The second-order valence-corrected chi connectivity index (χ2v) is 9.44. The van der Waals surface area contributed by atoms with Gasteiger partial charge < -0.3 is 15.3 Å². The fourth-order valence-corrected chi connectivity index (χ4v) is 5.03. The Balaban J connectivity index is 1.45. The highest BCUT2D eigenvalue weighted by Gasteiger charge is 2.34. The molecule has 1 amide bonds. The number of aromatic nitrogens is 5.